The third kappa shape index (κ3) is 1.86. The van der Waals surface area contributed by atoms with Crippen molar-refractivity contribution in [1.82, 2.24) is 9.97 Å². The van der Waals surface area contributed by atoms with E-state index in [1.165, 1.54) is 0 Å². The van der Waals surface area contributed by atoms with Gasteiger partial charge in [0.25, 0.3) is 0 Å². The van der Waals surface area contributed by atoms with Gasteiger partial charge in [0, 0.05) is 0 Å². The SMILES string of the molecule is Cc1nc(Br)cnc1I. The van der Waals surface area contributed by atoms with Gasteiger partial charge in [0.1, 0.15) is 8.30 Å². The monoisotopic (exact) mass is 298 g/mol. The van der Waals surface area contributed by atoms with Crippen LogP contribution in [0, 0.1) is 10.6 Å². The van der Waals surface area contributed by atoms with Crippen LogP contribution in [0.5, 0.6) is 0 Å². The number of nitrogens with zero attached hydrogens (tertiary/aromatic N) is 2. The van der Waals surface area contributed by atoms with Gasteiger partial charge in [-0.05, 0) is 45.4 Å². The van der Waals surface area contributed by atoms with Crippen LogP contribution >= 0.6 is 38.5 Å². The molecule has 1 aromatic rings. The molecule has 0 aliphatic rings. The number of hydrogen-bond acceptors (Lipinski definition) is 2. The Morgan fingerprint density at radius 1 is 1.67 bits per heavy atom. The van der Waals surface area contributed by atoms with Crippen LogP contribution < -0.4 is 0 Å². The molecular weight excluding hydrogens is 295 g/mol. The molecule has 0 saturated carbocycles. The summed E-state index contributed by atoms with van der Waals surface area (Å²) in [7, 11) is 0. The van der Waals surface area contributed by atoms with E-state index in [0.29, 0.717) is 0 Å². The first-order valence-corrected chi connectivity index (χ1v) is 4.22. The van der Waals surface area contributed by atoms with Crippen LogP contribution in [0.15, 0.2) is 10.8 Å². The molecule has 0 N–H and O–H groups in total. The van der Waals surface area contributed by atoms with Crippen molar-refractivity contribution in [1.29, 1.82) is 0 Å². The van der Waals surface area contributed by atoms with E-state index >= 15 is 0 Å². The van der Waals surface area contributed by atoms with E-state index < -0.39 is 0 Å². The normalized spacial score (nSPS) is 9.67. The van der Waals surface area contributed by atoms with Crippen molar-refractivity contribution < 1.29 is 0 Å². The Hall–Kier alpha value is 0.290. The Bertz CT molecular complexity index is 226. The Morgan fingerprint density at radius 3 is 2.78 bits per heavy atom. The van der Waals surface area contributed by atoms with E-state index in [-0.39, 0.29) is 0 Å². The van der Waals surface area contributed by atoms with Crippen molar-refractivity contribution >= 4 is 38.5 Å². The van der Waals surface area contributed by atoms with Crippen molar-refractivity contribution in [2.45, 2.75) is 6.92 Å². The van der Waals surface area contributed by atoms with E-state index in [2.05, 4.69) is 48.5 Å². The fourth-order valence-corrected chi connectivity index (χ4v) is 1.07. The van der Waals surface area contributed by atoms with E-state index in [1.54, 1.807) is 6.20 Å². The zero-order valence-corrected chi connectivity index (χ0v) is 8.47. The van der Waals surface area contributed by atoms with Gasteiger partial charge in [0.15, 0.2) is 0 Å². The summed E-state index contributed by atoms with van der Waals surface area (Å²) in [4.78, 5) is 8.18. The molecule has 48 valence electrons. The molecule has 0 spiro atoms. The smallest absolute Gasteiger partial charge is 0.124 e. The van der Waals surface area contributed by atoms with Gasteiger partial charge in [-0.3, -0.25) is 0 Å². The van der Waals surface area contributed by atoms with E-state index in [9.17, 15) is 0 Å². The average molecular weight is 299 g/mol. The Kier molecular flexibility index (Phi) is 2.40. The number of halogens is 2. The van der Waals surface area contributed by atoms with Gasteiger partial charge >= 0.3 is 0 Å². The summed E-state index contributed by atoms with van der Waals surface area (Å²) in [6.45, 7) is 1.93. The molecule has 0 aromatic carbocycles. The number of aryl methyl sites for hydroxylation is 1. The number of hydrogen-bond donors (Lipinski definition) is 0. The minimum atomic E-state index is 0.792. The fourth-order valence-electron chi connectivity index (χ4n) is 0.439. The maximum Gasteiger partial charge on any atom is 0.124 e. The molecule has 1 aromatic heterocycles. The molecule has 2 nitrogen and oxygen atoms in total. The first kappa shape index (κ1) is 7.40. The molecule has 4 heteroatoms. The second-order valence-electron chi connectivity index (χ2n) is 1.57. The van der Waals surface area contributed by atoms with Crippen LogP contribution in [0.1, 0.15) is 5.69 Å². The molecular formula is C5H4BrIN2. The first-order valence-electron chi connectivity index (χ1n) is 2.35. The lowest BCUT2D eigenvalue weighted by Gasteiger charge is -1.93. The van der Waals surface area contributed by atoms with Gasteiger partial charge in [-0.25, -0.2) is 9.97 Å². The van der Waals surface area contributed by atoms with Crippen LogP contribution in [0.25, 0.3) is 0 Å². The summed E-state index contributed by atoms with van der Waals surface area (Å²) in [6, 6.07) is 0. The maximum absolute atomic E-state index is 4.12. The van der Waals surface area contributed by atoms with Crippen LogP contribution in [-0.4, -0.2) is 9.97 Å². The van der Waals surface area contributed by atoms with Crippen LogP contribution in [0.4, 0.5) is 0 Å². The zero-order chi connectivity index (χ0) is 6.85. The quantitative estimate of drug-likeness (QED) is 0.686. The van der Waals surface area contributed by atoms with Gasteiger partial charge in [-0.2, -0.15) is 0 Å². The molecule has 1 rings (SSSR count). The Balaban J connectivity index is 3.17. The van der Waals surface area contributed by atoms with E-state index in [4.69, 9.17) is 0 Å². The average Bonchev–Trinajstić information content (AvgIpc) is 1.80. The zero-order valence-electron chi connectivity index (χ0n) is 4.73. The molecule has 0 bridgehead atoms. The van der Waals surface area contributed by atoms with E-state index in [1.807, 2.05) is 6.92 Å². The highest BCUT2D eigenvalue weighted by Crippen LogP contribution is 2.08. The molecule has 0 unspecified atom stereocenters. The standard InChI is InChI=1S/C5H4BrIN2/c1-3-5(7)8-2-4(6)9-3/h2H,1H3. The molecule has 0 radical (unpaired) electrons. The van der Waals surface area contributed by atoms with Gasteiger partial charge < -0.3 is 0 Å². The topological polar surface area (TPSA) is 25.8 Å². The number of aromatic nitrogens is 2. The van der Waals surface area contributed by atoms with Crippen LogP contribution in [0.2, 0.25) is 0 Å². The van der Waals surface area contributed by atoms with Gasteiger partial charge in [-0.15, -0.1) is 0 Å². The highest BCUT2D eigenvalue weighted by Gasteiger charge is 1.95. The number of rotatable bonds is 0. The molecule has 0 aliphatic heterocycles. The fraction of sp³-hybridized carbons (Fsp3) is 0.200. The van der Waals surface area contributed by atoms with Gasteiger partial charge in [0.2, 0.25) is 0 Å². The molecule has 1 heterocycles. The Morgan fingerprint density at radius 2 is 2.33 bits per heavy atom. The third-order valence-corrected chi connectivity index (χ3v) is 2.30. The molecule has 0 aliphatic carbocycles. The summed E-state index contributed by atoms with van der Waals surface area (Å²) in [5, 5.41) is 0. The lowest BCUT2D eigenvalue weighted by molar-refractivity contribution is 1.05. The van der Waals surface area contributed by atoms with Crippen molar-refractivity contribution in [3.8, 4) is 0 Å². The molecule has 9 heavy (non-hydrogen) atoms. The summed E-state index contributed by atoms with van der Waals surface area (Å²) < 4.78 is 1.75. The van der Waals surface area contributed by atoms with Crippen molar-refractivity contribution in [2.75, 3.05) is 0 Å². The van der Waals surface area contributed by atoms with E-state index in [0.717, 1.165) is 14.0 Å². The maximum atomic E-state index is 4.12. The lowest BCUT2D eigenvalue weighted by atomic mass is 10.5. The predicted molar refractivity (Wildman–Crippen MR) is 47.2 cm³/mol. The van der Waals surface area contributed by atoms with Crippen LogP contribution in [0.3, 0.4) is 0 Å². The molecule has 0 saturated heterocycles. The molecule has 0 amide bonds. The van der Waals surface area contributed by atoms with Gasteiger partial charge in [-0.1, -0.05) is 0 Å². The summed E-state index contributed by atoms with van der Waals surface area (Å²) >= 11 is 5.37. The summed E-state index contributed by atoms with van der Waals surface area (Å²) in [5.74, 6) is 0. The van der Waals surface area contributed by atoms with Crippen molar-refractivity contribution in [3.05, 3.63) is 20.2 Å². The highest BCUT2D eigenvalue weighted by atomic mass is 127. The minimum absolute atomic E-state index is 0.792. The van der Waals surface area contributed by atoms with Gasteiger partial charge in [0.05, 0.1) is 11.9 Å². The van der Waals surface area contributed by atoms with Crippen LogP contribution in [-0.2, 0) is 0 Å². The van der Waals surface area contributed by atoms with Crippen molar-refractivity contribution in [3.63, 3.8) is 0 Å². The summed E-state index contributed by atoms with van der Waals surface area (Å²) in [6.07, 6.45) is 1.69. The largest absolute Gasteiger partial charge is 0.246 e. The van der Waals surface area contributed by atoms with Crippen molar-refractivity contribution in [2.24, 2.45) is 0 Å². The second kappa shape index (κ2) is 2.92. The molecule has 0 atom stereocenters. The lowest BCUT2D eigenvalue weighted by Crippen LogP contribution is -1.89. The predicted octanol–water partition coefficient (Wildman–Crippen LogP) is 2.15. The Labute approximate surface area is 75.4 Å². The second-order valence-corrected chi connectivity index (χ2v) is 3.40. The third-order valence-electron chi connectivity index (χ3n) is 0.857. The first-order chi connectivity index (χ1) is 4.20. The minimum Gasteiger partial charge on any atom is -0.246 e. The summed E-state index contributed by atoms with van der Waals surface area (Å²) in [5.41, 5.74) is 0.963. The highest BCUT2D eigenvalue weighted by molar-refractivity contribution is 14.1. The molecule has 0 fully saturated rings.